The van der Waals surface area contributed by atoms with Crippen LogP contribution in [0.25, 0.3) is 11.1 Å². The van der Waals surface area contributed by atoms with Crippen molar-refractivity contribution in [1.82, 2.24) is 14.8 Å². The van der Waals surface area contributed by atoms with Crippen LogP contribution < -0.4 is 5.32 Å². The van der Waals surface area contributed by atoms with E-state index in [2.05, 4.69) is 15.2 Å². The van der Waals surface area contributed by atoms with Crippen LogP contribution in [0.5, 0.6) is 0 Å². The lowest BCUT2D eigenvalue weighted by atomic mass is 9.95. The molecule has 1 saturated heterocycles. The lowest BCUT2D eigenvalue weighted by Gasteiger charge is -2.35. The van der Waals surface area contributed by atoms with Crippen molar-refractivity contribution >= 4 is 40.2 Å². The molecule has 1 N–H and O–H groups in total. The molecule has 3 aromatic rings. The number of aryl methyl sites for hydroxylation is 1. The first-order valence-corrected chi connectivity index (χ1v) is 12.2. The molecule has 1 aromatic heterocycles. The van der Waals surface area contributed by atoms with Crippen molar-refractivity contribution in [3.8, 4) is 0 Å². The molecule has 180 valence electrons. The van der Waals surface area contributed by atoms with Crippen molar-refractivity contribution in [2.45, 2.75) is 45.1 Å². The highest BCUT2D eigenvalue weighted by Gasteiger charge is 2.31. The molecule has 2 heterocycles. The number of piperidine rings is 1. The third kappa shape index (κ3) is 5.42. The van der Waals surface area contributed by atoms with E-state index in [9.17, 15) is 9.59 Å². The number of likely N-dealkylation sites (tertiary alicyclic amines) is 1. The number of carbonyl (C=O) groups is 2. The van der Waals surface area contributed by atoms with Gasteiger partial charge in [0, 0.05) is 23.7 Å². The molecule has 4 rings (SSSR count). The second-order valence-corrected chi connectivity index (χ2v) is 9.34. The maximum absolute atomic E-state index is 13.0. The smallest absolute Gasteiger partial charge is 0.243 e. The fraction of sp³-hybridized carbons (Fsp3) is 0.423. The number of fused-ring (bicyclic) bond motifs is 1. The average Bonchev–Trinajstić information content (AvgIpc) is 3.26. The Labute approximate surface area is 205 Å². The van der Waals surface area contributed by atoms with Crippen molar-refractivity contribution in [3.63, 3.8) is 0 Å². The fourth-order valence-electron chi connectivity index (χ4n) is 4.54. The van der Waals surface area contributed by atoms with Gasteiger partial charge in [-0.3, -0.25) is 14.5 Å². The van der Waals surface area contributed by atoms with Gasteiger partial charge >= 0.3 is 0 Å². The van der Waals surface area contributed by atoms with Gasteiger partial charge in [0.2, 0.25) is 11.8 Å². The molecule has 0 spiro atoms. The van der Waals surface area contributed by atoms with E-state index in [1.54, 1.807) is 13.1 Å². The minimum absolute atomic E-state index is 0.0170. The molecule has 1 atom stereocenters. The Balaban J connectivity index is 1.30. The molecule has 34 heavy (non-hydrogen) atoms. The van der Waals surface area contributed by atoms with Crippen LogP contribution in [0.15, 0.2) is 46.9 Å². The molecule has 0 aliphatic carbocycles. The normalized spacial score (nSPS) is 15.9. The van der Waals surface area contributed by atoms with Gasteiger partial charge in [0.25, 0.3) is 0 Å². The molecular formula is C26H31ClN4O3. The first-order chi connectivity index (χ1) is 16.4. The summed E-state index contributed by atoms with van der Waals surface area (Å²) >= 11 is 6.06. The highest BCUT2D eigenvalue weighted by Crippen LogP contribution is 2.31. The van der Waals surface area contributed by atoms with Gasteiger partial charge in [0.1, 0.15) is 5.52 Å². The Kier molecular flexibility index (Phi) is 7.54. The van der Waals surface area contributed by atoms with Crippen molar-refractivity contribution < 1.29 is 14.0 Å². The monoisotopic (exact) mass is 482 g/mol. The maximum Gasteiger partial charge on any atom is 0.243 e. The van der Waals surface area contributed by atoms with E-state index in [4.69, 9.17) is 16.0 Å². The average molecular weight is 483 g/mol. The number of benzene rings is 2. The quantitative estimate of drug-likeness (QED) is 0.527. The summed E-state index contributed by atoms with van der Waals surface area (Å²) in [6.07, 6.45) is 2.54. The second kappa shape index (κ2) is 10.6. The van der Waals surface area contributed by atoms with Crippen LogP contribution in [0.2, 0.25) is 5.02 Å². The van der Waals surface area contributed by atoms with Gasteiger partial charge in [-0.05, 0) is 69.1 Å². The number of nitrogens with one attached hydrogen (secondary N) is 1. The molecule has 1 aliphatic heterocycles. The zero-order chi connectivity index (χ0) is 24.2. The van der Waals surface area contributed by atoms with Gasteiger partial charge in [0.05, 0.1) is 12.6 Å². The highest BCUT2D eigenvalue weighted by atomic mass is 35.5. The lowest BCUT2D eigenvalue weighted by molar-refractivity contribution is -0.138. The van der Waals surface area contributed by atoms with Crippen LogP contribution >= 0.6 is 11.6 Å². The van der Waals surface area contributed by atoms with Crippen LogP contribution in [-0.4, -0.2) is 59.3 Å². The Hall–Kier alpha value is -2.90. The van der Waals surface area contributed by atoms with E-state index in [0.717, 1.165) is 60.6 Å². The molecule has 2 aromatic carbocycles. The number of amides is 2. The number of anilines is 1. The zero-order valence-electron chi connectivity index (χ0n) is 19.9. The summed E-state index contributed by atoms with van der Waals surface area (Å²) < 4.78 is 5.95. The van der Waals surface area contributed by atoms with Crippen molar-refractivity contribution in [3.05, 3.63) is 58.9 Å². The zero-order valence-corrected chi connectivity index (χ0v) is 20.6. The number of oxazole rings is 1. The Bertz CT molecular complexity index is 1170. The Morgan fingerprint density at radius 2 is 1.97 bits per heavy atom. The number of hydrogen-bond donors (Lipinski definition) is 1. The predicted octanol–water partition coefficient (Wildman–Crippen LogP) is 4.71. The molecule has 8 heteroatoms. The molecule has 0 bridgehead atoms. The summed E-state index contributed by atoms with van der Waals surface area (Å²) in [6.45, 7) is 5.50. The van der Waals surface area contributed by atoms with Gasteiger partial charge in [-0.15, -0.1) is 0 Å². The van der Waals surface area contributed by atoms with Crippen molar-refractivity contribution in [2.24, 2.45) is 0 Å². The number of likely N-dealkylation sites (N-methyl/N-ethyl adjacent to an activating group) is 1. The second-order valence-electron chi connectivity index (χ2n) is 8.90. The standard InChI is InChI=1S/C26H31ClN4O3/c1-4-18-7-5-6-8-21(18)28-24(32)16-30(3)26(33)17(2)31-13-11-19(12-14-31)25-29-22-15-20(27)9-10-23(22)34-25/h5-10,15,17,19H,4,11-14,16H2,1-3H3,(H,28,32). The lowest BCUT2D eigenvalue weighted by Crippen LogP contribution is -2.49. The van der Waals surface area contributed by atoms with Gasteiger partial charge < -0.3 is 14.6 Å². The van der Waals surface area contributed by atoms with Gasteiger partial charge in [0.15, 0.2) is 11.5 Å². The number of rotatable bonds is 7. The van der Waals surface area contributed by atoms with Gasteiger partial charge in [-0.2, -0.15) is 0 Å². The van der Waals surface area contributed by atoms with Gasteiger partial charge in [-0.1, -0.05) is 36.7 Å². The molecule has 0 radical (unpaired) electrons. The summed E-state index contributed by atoms with van der Waals surface area (Å²) in [4.78, 5) is 33.9. The van der Waals surface area contributed by atoms with Crippen molar-refractivity contribution in [2.75, 3.05) is 32.0 Å². The van der Waals surface area contributed by atoms with Crippen LogP contribution in [-0.2, 0) is 16.0 Å². The molecule has 1 aliphatic rings. The molecular weight excluding hydrogens is 452 g/mol. The van der Waals surface area contributed by atoms with Gasteiger partial charge in [-0.25, -0.2) is 4.98 Å². The molecule has 7 nitrogen and oxygen atoms in total. The van der Waals surface area contributed by atoms with E-state index in [1.165, 1.54) is 4.90 Å². The summed E-state index contributed by atoms with van der Waals surface area (Å²) in [5, 5.41) is 3.57. The Morgan fingerprint density at radius 3 is 2.71 bits per heavy atom. The molecule has 0 saturated carbocycles. The first kappa shape index (κ1) is 24.2. The van der Waals surface area contributed by atoms with E-state index in [1.807, 2.05) is 50.2 Å². The van der Waals surface area contributed by atoms with Crippen LogP contribution in [0.1, 0.15) is 44.1 Å². The van der Waals surface area contributed by atoms with Crippen LogP contribution in [0.4, 0.5) is 5.69 Å². The SMILES string of the molecule is CCc1ccccc1NC(=O)CN(C)C(=O)C(C)N1CCC(c2nc3cc(Cl)ccc3o2)CC1. The summed E-state index contributed by atoms with van der Waals surface area (Å²) in [5.41, 5.74) is 3.39. The van der Waals surface area contributed by atoms with Crippen LogP contribution in [0, 0.1) is 0 Å². The highest BCUT2D eigenvalue weighted by molar-refractivity contribution is 6.31. The minimum atomic E-state index is -0.302. The van der Waals surface area contributed by atoms with Crippen LogP contribution in [0.3, 0.4) is 0 Å². The predicted molar refractivity (Wildman–Crippen MR) is 134 cm³/mol. The Morgan fingerprint density at radius 1 is 1.24 bits per heavy atom. The van der Waals surface area contributed by atoms with E-state index in [0.29, 0.717) is 5.02 Å². The fourth-order valence-corrected chi connectivity index (χ4v) is 4.70. The third-order valence-corrected chi connectivity index (χ3v) is 6.81. The summed E-state index contributed by atoms with van der Waals surface area (Å²) in [6, 6.07) is 12.9. The summed E-state index contributed by atoms with van der Waals surface area (Å²) in [5.74, 6) is 0.691. The minimum Gasteiger partial charge on any atom is -0.440 e. The maximum atomic E-state index is 13.0. The largest absolute Gasteiger partial charge is 0.440 e. The number of nitrogens with zero attached hydrogens (tertiary/aromatic N) is 3. The number of halogens is 1. The van der Waals surface area contributed by atoms with Crippen molar-refractivity contribution in [1.29, 1.82) is 0 Å². The number of aromatic nitrogens is 1. The number of carbonyl (C=O) groups excluding carboxylic acids is 2. The first-order valence-electron chi connectivity index (χ1n) is 11.8. The number of para-hydroxylation sites is 1. The molecule has 1 fully saturated rings. The summed E-state index contributed by atoms with van der Waals surface area (Å²) in [7, 11) is 1.68. The van der Waals surface area contributed by atoms with E-state index < -0.39 is 0 Å². The van der Waals surface area contributed by atoms with E-state index in [-0.39, 0.29) is 30.3 Å². The molecule has 2 amide bonds. The topological polar surface area (TPSA) is 78.7 Å². The molecule has 1 unspecified atom stereocenters. The number of hydrogen-bond acceptors (Lipinski definition) is 5. The van der Waals surface area contributed by atoms with E-state index >= 15 is 0 Å². The third-order valence-electron chi connectivity index (χ3n) is 6.58.